The summed E-state index contributed by atoms with van der Waals surface area (Å²) in [4.78, 5) is 23.9. The van der Waals surface area contributed by atoms with Gasteiger partial charge >= 0.3 is 0 Å². The number of aromatic nitrogens is 2. The number of nitrogens with zero attached hydrogens (tertiary/aromatic N) is 3. The van der Waals surface area contributed by atoms with E-state index in [0.29, 0.717) is 23.5 Å². The Labute approximate surface area is 212 Å². The maximum Gasteiger partial charge on any atom is 0.280 e. The number of fused-ring (bicyclic) bond motifs is 4. The first-order valence-electron chi connectivity index (χ1n) is 11.8. The van der Waals surface area contributed by atoms with Gasteiger partial charge in [-0.25, -0.2) is 4.98 Å². The Morgan fingerprint density at radius 3 is 2.50 bits per heavy atom. The standard InChI is InChI=1S/C30H23N3O2S/c1-35-18-17-33-27-16-15-20-9-5-6-12-22(20)28(27)36-30(33)32-29(34)24-19-26(21-10-3-2-4-11-21)31-25-14-8-7-13-23(24)25/h2-16,19H,17-18H2,1H3. The molecule has 176 valence electrons. The van der Waals surface area contributed by atoms with Gasteiger partial charge in [0.25, 0.3) is 5.91 Å². The maximum absolute atomic E-state index is 13.7. The van der Waals surface area contributed by atoms with E-state index in [9.17, 15) is 4.79 Å². The molecule has 5 nitrogen and oxygen atoms in total. The largest absolute Gasteiger partial charge is 0.383 e. The molecule has 0 saturated heterocycles. The minimum absolute atomic E-state index is 0.284. The van der Waals surface area contributed by atoms with E-state index in [1.54, 1.807) is 7.11 Å². The highest BCUT2D eigenvalue weighted by Crippen LogP contribution is 2.28. The van der Waals surface area contributed by atoms with E-state index in [-0.39, 0.29) is 5.91 Å². The third-order valence-corrected chi connectivity index (χ3v) is 7.43. The first-order valence-corrected chi connectivity index (χ1v) is 12.6. The van der Waals surface area contributed by atoms with Crippen molar-refractivity contribution in [3.8, 4) is 11.3 Å². The highest BCUT2D eigenvalue weighted by Gasteiger charge is 2.16. The number of carbonyl (C=O) groups excluding carboxylic acids is 1. The van der Waals surface area contributed by atoms with Crippen molar-refractivity contribution < 1.29 is 9.53 Å². The van der Waals surface area contributed by atoms with Gasteiger partial charge in [-0.15, -0.1) is 0 Å². The van der Waals surface area contributed by atoms with E-state index in [2.05, 4.69) is 33.8 Å². The molecule has 0 bridgehead atoms. The summed E-state index contributed by atoms with van der Waals surface area (Å²) in [7, 11) is 1.68. The second-order valence-corrected chi connectivity index (χ2v) is 9.50. The lowest BCUT2D eigenvalue weighted by Crippen LogP contribution is -2.19. The third kappa shape index (κ3) is 4.00. The molecule has 0 aliphatic heterocycles. The Kier molecular flexibility index (Phi) is 5.89. The molecule has 6 aromatic rings. The van der Waals surface area contributed by atoms with Crippen LogP contribution in [0.4, 0.5) is 0 Å². The van der Waals surface area contributed by atoms with E-state index in [1.165, 1.54) is 11.3 Å². The fourth-order valence-corrected chi connectivity index (χ4v) is 5.73. The van der Waals surface area contributed by atoms with Gasteiger partial charge in [0, 0.05) is 30.0 Å². The van der Waals surface area contributed by atoms with Gasteiger partial charge in [-0.2, -0.15) is 4.99 Å². The molecule has 0 spiro atoms. The number of hydrogen-bond donors (Lipinski definition) is 0. The predicted molar refractivity (Wildman–Crippen MR) is 146 cm³/mol. The van der Waals surface area contributed by atoms with Crippen LogP contribution in [0.3, 0.4) is 0 Å². The van der Waals surface area contributed by atoms with Crippen molar-refractivity contribution in [1.29, 1.82) is 0 Å². The molecule has 0 atom stereocenters. The zero-order valence-electron chi connectivity index (χ0n) is 19.7. The van der Waals surface area contributed by atoms with Crippen LogP contribution in [0.25, 0.3) is 43.1 Å². The summed E-state index contributed by atoms with van der Waals surface area (Å²) in [5.41, 5.74) is 4.07. The zero-order valence-corrected chi connectivity index (χ0v) is 20.5. The van der Waals surface area contributed by atoms with E-state index in [4.69, 9.17) is 9.72 Å². The number of carbonyl (C=O) groups is 1. The van der Waals surface area contributed by atoms with Crippen molar-refractivity contribution in [3.05, 3.63) is 107 Å². The summed E-state index contributed by atoms with van der Waals surface area (Å²) < 4.78 is 8.56. The Balaban J connectivity index is 1.56. The van der Waals surface area contributed by atoms with Gasteiger partial charge in [0.05, 0.1) is 33.6 Å². The quantitative estimate of drug-likeness (QED) is 0.279. The second-order valence-electron chi connectivity index (χ2n) is 8.52. The molecule has 2 aromatic heterocycles. The first kappa shape index (κ1) is 22.3. The molecule has 4 aromatic carbocycles. The van der Waals surface area contributed by atoms with Crippen molar-refractivity contribution >= 4 is 49.1 Å². The Morgan fingerprint density at radius 1 is 0.917 bits per heavy atom. The fourth-order valence-electron chi connectivity index (χ4n) is 4.54. The number of benzene rings is 4. The number of hydrogen-bond acceptors (Lipinski definition) is 4. The number of methoxy groups -OCH3 is 1. The molecular formula is C30H23N3O2S. The van der Waals surface area contributed by atoms with Gasteiger partial charge < -0.3 is 9.30 Å². The zero-order chi connectivity index (χ0) is 24.5. The summed E-state index contributed by atoms with van der Waals surface area (Å²) in [6.45, 7) is 1.13. The topological polar surface area (TPSA) is 56.5 Å². The number of thiazole rings is 1. The molecule has 0 fully saturated rings. The number of rotatable bonds is 5. The SMILES string of the molecule is COCCn1c(=NC(=O)c2cc(-c3ccccc3)nc3ccccc23)sc2c3ccccc3ccc21. The number of pyridine rings is 1. The molecule has 0 radical (unpaired) electrons. The van der Waals surface area contributed by atoms with Crippen molar-refractivity contribution in [2.24, 2.45) is 4.99 Å². The van der Waals surface area contributed by atoms with Crippen LogP contribution in [0.15, 0.2) is 102 Å². The van der Waals surface area contributed by atoms with Crippen LogP contribution in [-0.2, 0) is 11.3 Å². The molecule has 6 heteroatoms. The molecule has 0 unspecified atom stereocenters. The van der Waals surface area contributed by atoms with Crippen LogP contribution < -0.4 is 4.80 Å². The Hall–Kier alpha value is -4.13. The van der Waals surface area contributed by atoms with Crippen LogP contribution in [0.1, 0.15) is 10.4 Å². The molecule has 36 heavy (non-hydrogen) atoms. The number of para-hydroxylation sites is 1. The maximum atomic E-state index is 13.7. The van der Waals surface area contributed by atoms with Gasteiger partial charge in [0.1, 0.15) is 0 Å². The normalized spacial score (nSPS) is 12.1. The molecule has 6 rings (SSSR count). The van der Waals surface area contributed by atoms with Gasteiger partial charge in [0.15, 0.2) is 4.80 Å². The molecule has 0 N–H and O–H groups in total. The average Bonchev–Trinajstić information content (AvgIpc) is 3.28. The van der Waals surface area contributed by atoms with E-state index in [1.807, 2.05) is 72.8 Å². The predicted octanol–water partition coefficient (Wildman–Crippen LogP) is 6.46. The van der Waals surface area contributed by atoms with Crippen molar-refractivity contribution in [2.75, 3.05) is 13.7 Å². The second kappa shape index (κ2) is 9.49. The minimum Gasteiger partial charge on any atom is -0.383 e. The summed E-state index contributed by atoms with van der Waals surface area (Å²) >= 11 is 1.54. The Morgan fingerprint density at radius 2 is 1.67 bits per heavy atom. The van der Waals surface area contributed by atoms with Crippen molar-refractivity contribution in [2.45, 2.75) is 6.54 Å². The smallest absolute Gasteiger partial charge is 0.280 e. The first-order chi connectivity index (χ1) is 17.7. The Bertz CT molecular complexity index is 1800. The average molecular weight is 490 g/mol. The monoisotopic (exact) mass is 489 g/mol. The van der Waals surface area contributed by atoms with Gasteiger partial charge in [0.2, 0.25) is 0 Å². The molecule has 0 aliphatic rings. The van der Waals surface area contributed by atoms with Crippen LogP contribution in [-0.4, -0.2) is 29.2 Å². The summed E-state index contributed by atoms with van der Waals surface area (Å²) in [6, 6.07) is 32.0. The van der Waals surface area contributed by atoms with Gasteiger partial charge in [-0.3, -0.25) is 4.79 Å². The molecule has 1 amide bonds. The highest BCUT2D eigenvalue weighted by atomic mass is 32.1. The summed E-state index contributed by atoms with van der Waals surface area (Å²) in [6.07, 6.45) is 0. The molecule has 0 saturated carbocycles. The minimum atomic E-state index is -0.284. The molecule has 2 heterocycles. The van der Waals surface area contributed by atoms with Crippen molar-refractivity contribution in [3.63, 3.8) is 0 Å². The van der Waals surface area contributed by atoms with Gasteiger partial charge in [-0.05, 0) is 23.6 Å². The number of ether oxygens (including phenoxy) is 1. The third-order valence-electron chi connectivity index (χ3n) is 6.31. The summed E-state index contributed by atoms with van der Waals surface area (Å²) in [5.74, 6) is -0.284. The van der Waals surface area contributed by atoms with E-state index in [0.717, 1.165) is 43.1 Å². The van der Waals surface area contributed by atoms with Gasteiger partial charge in [-0.1, -0.05) is 90.2 Å². The lowest BCUT2D eigenvalue weighted by molar-refractivity contribution is 0.0999. The molecule has 0 aliphatic carbocycles. The fraction of sp³-hybridized carbons (Fsp3) is 0.100. The van der Waals surface area contributed by atoms with Crippen LogP contribution in [0, 0.1) is 0 Å². The highest BCUT2D eigenvalue weighted by molar-refractivity contribution is 7.17. The van der Waals surface area contributed by atoms with Crippen LogP contribution in [0.2, 0.25) is 0 Å². The van der Waals surface area contributed by atoms with Crippen LogP contribution in [0.5, 0.6) is 0 Å². The molecular weight excluding hydrogens is 466 g/mol. The van der Waals surface area contributed by atoms with E-state index < -0.39 is 0 Å². The lowest BCUT2D eigenvalue weighted by Gasteiger charge is -2.08. The van der Waals surface area contributed by atoms with Crippen molar-refractivity contribution in [1.82, 2.24) is 9.55 Å². The summed E-state index contributed by atoms with van der Waals surface area (Å²) in [5, 5.41) is 3.11. The number of amides is 1. The van der Waals surface area contributed by atoms with E-state index >= 15 is 0 Å². The van der Waals surface area contributed by atoms with Crippen LogP contribution >= 0.6 is 11.3 Å². The lowest BCUT2D eigenvalue weighted by atomic mass is 10.0.